The monoisotopic (exact) mass is 300 g/mol. The molecule has 1 amide bonds. The molecular weight excluding hydrogens is 276 g/mol. The molecule has 0 aliphatic carbocycles. The van der Waals surface area contributed by atoms with E-state index in [-0.39, 0.29) is 11.4 Å². The van der Waals surface area contributed by atoms with Crippen LogP contribution in [0.25, 0.3) is 0 Å². The zero-order valence-electron chi connectivity index (χ0n) is 13.2. The van der Waals surface area contributed by atoms with Gasteiger partial charge in [-0.1, -0.05) is 6.08 Å². The molecule has 0 unspecified atom stereocenters. The molecule has 3 heterocycles. The molecule has 5 nitrogen and oxygen atoms in total. The van der Waals surface area contributed by atoms with Gasteiger partial charge < -0.3 is 9.80 Å². The largest absolute Gasteiger partial charge is 0.370 e. The lowest BCUT2D eigenvalue weighted by atomic mass is 9.82. The van der Waals surface area contributed by atoms with Crippen molar-refractivity contribution in [3.8, 4) is 0 Å². The van der Waals surface area contributed by atoms with Crippen LogP contribution >= 0.6 is 0 Å². The number of piperazine rings is 1. The summed E-state index contributed by atoms with van der Waals surface area (Å²) in [7, 11) is 2.09. The van der Waals surface area contributed by atoms with Crippen molar-refractivity contribution in [1.29, 1.82) is 0 Å². The molecule has 3 rings (SSSR count). The zero-order valence-corrected chi connectivity index (χ0v) is 13.2. The van der Waals surface area contributed by atoms with Crippen LogP contribution in [0.2, 0.25) is 0 Å². The molecule has 1 aromatic heterocycles. The molecule has 0 aromatic carbocycles. The molecule has 118 valence electrons. The summed E-state index contributed by atoms with van der Waals surface area (Å²) < 4.78 is 0. The molecule has 2 aliphatic heterocycles. The highest BCUT2D eigenvalue weighted by Gasteiger charge is 2.48. The highest BCUT2D eigenvalue weighted by molar-refractivity contribution is 5.87. The van der Waals surface area contributed by atoms with E-state index >= 15 is 0 Å². The SMILES string of the molecule is C=CCN1CCN(C)C2(CCN(c3cccnc3)CC2)C1=O. The molecule has 1 spiro atoms. The van der Waals surface area contributed by atoms with E-state index in [4.69, 9.17) is 0 Å². The first-order chi connectivity index (χ1) is 10.7. The van der Waals surface area contributed by atoms with Crippen LogP contribution in [0.1, 0.15) is 12.8 Å². The smallest absolute Gasteiger partial charge is 0.243 e. The van der Waals surface area contributed by atoms with Crippen molar-refractivity contribution >= 4 is 11.6 Å². The van der Waals surface area contributed by atoms with Gasteiger partial charge in [-0.3, -0.25) is 14.7 Å². The summed E-state index contributed by atoms with van der Waals surface area (Å²) in [6.45, 7) is 7.95. The van der Waals surface area contributed by atoms with Gasteiger partial charge in [0.25, 0.3) is 0 Å². The Hall–Kier alpha value is -1.88. The van der Waals surface area contributed by atoms with Gasteiger partial charge >= 0.3 is 0 Å². The van der Waals surface area contributed by atoms with E-state index in [0.29, 0.717) is 6.54 Å². The predicted molar refractivity (Wildman–Crippen MR) is 87.8 cm³/mol. The fraction of sp³-hybridized carbons (Fsp3) is 0.529. The number of rotatable bonds is 3. The molecule has 2 fully saturated rings. The van der Waals surface area contributed by atoms with Crippen molar-refractivity contribution in [3.63, 3.8) is 0 Å². The molecule has 2 saturated heterocycles. The van der Waals surface area contributed by atoms with E-state index in [2.05, 4.69) is 34.5 Å². The summed E-state index contributed by atoms with van der Waals surface area (Å²) in [5.41, 5.74) is 0.811. The number of hydrogen-bond donors (Lipinski definition) is 0. The van der Waals surface area contributed by atoms with Crippen molar-refractivity contribution in [2.45, 2.75) is 18.4 Å². The summed E-state index contributed by atoms with van der Waals surface area (Å²) in [4.78, 5) is 23.7. The number of hydrogen-bond acceptors (Lipinski definition) is 4. The number of nitrogens with zero attached hydrogens (tertiary/aromatic N) is 4. The Morgan fingerprint density at radius 3 is 2.73 bits per heavy atom. The van der Waals surface area contributed by atoms with Crippen LogP contribution in [-0.2, 0) is 4.79 Å². The Morgan fingerprint density at radius 1 is 1.32 bits per heavy atom. The summed E-state index contributed by atoms with van der Waals surface area (Å²) >= 11 is 0. The number of pyridine rings is 1. The minimum absolute atomic E-state index is 0.270. The maximum absolute atomic E-state index is 13.0. The van der Waals surface area contributed by atoms with Gasteiger partial charge in [0.2, 0.25) is 5.91 Å². The Balaban J connectivity index is 1.74. The van der Waals surface area contributed by atoms with Gasteiger partial charge in [-0.05, 0) is 32.0 Å². The highest BCUT2D eigenvalue weighted by atomic mass is 16.2. The number of amides is 1. The van der Waals surface area contributed by atoms with Gasteiger partial charge in [0, 0.05) is 38.9 Å². The maximum atomic E-state index is 13.0. The molecule has 0 bridgehead atoms. The molecule has 5 heteroatoms. The fourth-order valence-electron chi connectivity index (χ4n) is 3.65. The first-order valence-corrected chi connectivity index (χ1v) is 7.94. The van der Waals surface area contributed by atoms with E-state index in [1.807, 2.05) is 23.2 Å². The van der Waals surface area contributed by atoms with Gasteiger partial charge in [-0.2, -0.15) is 0 Å². The Labute approximate surface area is 132 Å². The lowest BCUT2D eigenvalue weighted by molar-refractivity contribution is -0.151. The molecule has 22 heavy (non-hydrogen) atoms. The second-order valence-electron chi connectivity index (χ2n) is 6.19. The van der Waals surface area contributed by atoms with Crippen LogP contribution < -0.4 is 4.90 Å². The lowest BCUT2D eigenvalue weighted by Gasteiger charge is -2.51. The predicted octanol–water partition coefficient (Wildman–Crippen LogP) is 1.38. The van der Waals surface area contributed by atoms with E-state index in [0.717, 1.165) is 44.7 Å². The van der Waals surface area contributed by atoms with Crippen molar-refractivity contribution in [2.24, 2.45) is 0 Å². The van der Waals surface area contributed by atoms with Gasteiger partial charge in [0.05, 0.1) is 11.9 Å². The van der Waals surface area contributed by atoms with Crippen LogP contribution in [0.4, 0.5) is 5.69 Å². The van der Waals surface area contributed by atoms with Crippen molar-refractivity contribution in [2.75, 3.05) is 44.7 Å². The number of likely N-dealkylation sites (N-methyl/N-ethyl adjacent to an activating group) is 1. The van der Waals surface area contributed by atoms with Crippen molar-refractivity contribution in [1.82, 2.24) is 14.8 Å². The normalized spacial score (nSPS) is 22.1. The molecule has 0 radical (unpaired) electrons. The van der Waals surface area contributed by atoms with Gasteiger partial charge in [0.1, 0.15) is 5.54 Å². The molecule has 0 saturated carbocycles. The van der Waals surface area contributed by atoms with E-state index in [9.17, 15) is 4.79 Å². The summed E-state index contributed by atoms with van der Waals surface area (Å²) in [6.07, 6.45) is 7.24. The standard InChI is InChI=1S/C17H24N4O/c1-3-9-21-13-12-19(2)17(16(21)22)6-10-20(11-7-17)15-5-4-8-18-14-15/h3-5,8,14H,1,6-7,9-13H2,2H3. The van der Waals surface area contributed by atoms with E-state index in [1.165, 1.54) is 0 Å². The average molecular weight is 300 g/mol. The Kier molecular flexibility index (Phi) is 4.16. The maximum Gasteiger partial charge on any atom is 0.243 e. The topological polar surface area (TPSA) is 39.7 Å². The van der Waals surface area contributed by atoms with Gasteiger partial charge in [-0.15, -0.1) is 6.58 Å². The lowest BCUT2D eigenvalue weighted by Crippen LogP contribution is -2.67. The first-order valence-electron chi connectivity index (χ1n) is 7.94. The summed E-state index contributed by atoms with van der Waals surface area (Å²) in [5, 5.41) is 0. The van der Waals surface area contributed by atoms with Crippen LogP contribution in [0.15, 0.2) is 37.2 Å². The molecule has 1 aromatic rings. The average Bonchev–Trinajstić information content (AvgIpc) is 2.57. The third-order valence-corrected chi connectivity index (χ3v) is 5.07. The molecule has 2 aliphatic rings. The summed E-state index contributed by atoms with van der Waals surface area (Å²) in [5.74, 6) is 0.270. The third-order valence-electron chi connectivity index (χ3n) is 5.07. The van der Waals surface area contributed by atoms with Crippen molar-refractivity contribution in [3.05, 3.63) is 37.2 Å². The molecular formula is C17H24N4O. The second-order valence-corrected chi connectivity index (χ2v) is 6.19. The number of carbonyl (C=O) groups is 1. The molecule has 0 N–H and O–H groups in total. The quantitative estimate of drug-likeness (QED) is 0.791. The van der Waals surface area contributed by atoms with Crippen molar-refractivity contribution < 1.29 is 4.79 Å². The number of aromatic nitrogens is 1. The van der Waals surface area contributed by atoms with Crippen LogP contribution in [0.3, 0.4) is 0 Å². The number of carbonyl (C=O) groups excluding carboxylic acids is 1. The number of anilines is 1. The minimum atomic E-state index is -0.333. The van der Waals surface area contributed by atoms with Crippen LogP contribution in [0.5, 0.6) is 0 Å². The van der Waals surface area contributed by atoms with Crippen LogP contribution in [-0.4, -0.2) is 66.0 Å². The molecule has 0 atom stereocenters. The Morgan fingerprint density at radius 2 is 2.09 bits per heavy atom. The highest BCUT2D eigenvalue weighted by Crippen LogP contribution is 2.34. The zero-order chi connectivity index (χ0) is 15.6. The summed E-state index contributed by atoms with van der Waals surface area (Å²) in [6, 6.07) is 4.05. The second kappa shape index (κ2) is 6.08. The third kappa shape index (κ3) is 2.50. The van der Waals surface area contributed by atoms with Gasteiger partial charge in [0.15, 0.2) is 0 Å². The fourth-order valence-corrected chi connectivity index (χ4v) is 3.65. The first kappa shape index (κ1) is 15.0. The Bertz CT molecular complexity index is 537. The van der Waals surface area contributed by atoms with E-state index < -0.39 is 0 Å². The minimum Gasteiger partial charge on any atom is -0.370 e. The van der Waals surface area contributed by atoms with E-state index in [1.54, 1.807) is 6.20 Å². The van der Waals surface area contributed by atoms with Crippen LogP contribution in [0, 0.1) is 0 Å². The number of piperidine rings is 1. The van der Waals surface area contributed by atoms with Gasteiger partial charge in [-0.25, -0.2) is 0 Å².